The highest BCUT2D eigenvalue weighted by Gasteiger charge is 1.88. The van der Waals surface area contributed by atoms with Gasteiger partial charge in [0.1, 0.15) is 0 Å². The van der Waals surface area contributed by atoms with Crippen molar-refractivity contribution in [3.05, 3.63) is 12.2 Å². The maximum absolute atomic E-state index is 9.55. The van der Waals surface area contributed by atoms with E-state index in [2.05, 4.69) is 0 Å². The third-order valence-corrected chi connectivity index (χ3v) is 0.469. The fourth-order valence-electron chi connectivity index (χ4n) is 0.143. The Morgan fingerprint density at radius 2 is 1.00 bits per heavy atom. The first-order chi connectivity index (χ1) is 5.90. The van der Waals surface area contributed by atoms with Crippen LogP contribution in [0.1, 0.15) is 0 Å². The molecule has 7 nitrogen and oxygen atoms in total. The topological polar surface area (TPSA) is 129 Å². The van der Waals surface area contributed by atoms with Gasteiger partial charge in [-0.3, -0.25) is 4.79 Å². The first-order valence-electron chi connectivity index (χ1n) is 2.72. The Bertz CT molecular complexity index is 223. The number of hydrogen-bond donors (Lipinski definition) is 3. The van der Waals surface area contributed by atoms with Crippen LogP contribution in [0.3, 0.4) is 0 Å². The summed E-state index contributed by atoms with van der Waals surface area (Å²) >= 11 is 0. The van der Waals surface area contributed by atoms with Gasteiger partial charge >= 0.3 is 17.9 Å². The molecule has 0 fully saturated rings. The third-order valence-electron chi connectivity index (χ3n) is 0.469. The van der Waals surface area contributed by atoms with Crippen LogP contribution in [0.5, 0.6) is 0 Å². The van der Waals surface area contributed by atoms with Crippen molar-refractivity contribution in [1.82, 2.24) is 0 Å². The minimum absolute atomic E-state index is 0.167. The predicted molar refractivity (Wildman–Crippen MR) is 38.1 cm³/mol. The second kappa shape index (κ2) is 7.92. The van der Waals surface area contributed by atoms with Gasteiger partial charge in [-0.2, -0.15) is 0 Å². The van der Waals surface area contributed by atoms with Crippen LogP contribution in [0.4, 0.5) is 0 Å². The molecule has 0 aromatic rings. The van der Waals surface area contributed by atoms with Crippen molar-refractivity contribution in [3.63, 3.8) is 0 Å². The monoisotopic (exact) mass is 190 g/mol. The van der Waals surface area contributed by atoms with Crippen LogP contribution >= 0.6 is 0 Å². The molecule has 7 heteroatoms. The normalized spacial score (nSPS) is 8.31. The largest absolute Gasteiger partial charge is 0.478 e. The van der Waals surface area contributed by atoms with Crippen molar-refractivity contribution in [1.29, 1.82) is 0 Å². The van der Waals surface area contributed by atoms with E-state index in [4.69, 9.17) is 24.9 Å². The number of aldehydes is 1. The summed E-state index contributed by atoms with van der Waals surface area (Å²) in [6.45, 7) is 0. The first-order valence-corrected chi connectivity index (χ1v) is 2.72. The zero-order valence-corrected chi connectivity index (χ0v) is 6.21. The smallest absolute Gasteiger partial charge is 0.368 e. The summed E-state index contributed by atoms with van der Waals surface area (Å²) in [6.07, 6.45) is 0.949. The molecule has 0 saturated carbocycles. The first kappa shape index (κ1) is 13.4. The molecule has 0 aliphatic rings. The fourth-order valence-corrected chi connectivity index (χ4v) is 0.143. The van der Waals surface area contributed by atoms with E-state index >= 15 is 0 Å². The van der Waals surface area contributed by atoms with Crippen molar-refractivity contribution < 1.29 is 34.5 Å². The minimum atomic E-state index is -1.43. The van der Waals surface area contributed by atoms with Gasteiger partial charge in [0.25, 0.3) is 0 Å². The van der Waals surface area contributed by atoms with Crippen LogP contribution in [0.2, 0.25) is 0 Å². The molecule has 0 amide bonds. The lowest BCUT2D eigenvalue weighted by atomic mass is 10.5. The molecule has 0 atom stereocenters. The van der Waals surface area contributed by atoms with Gasteiger partial charge in [0, 0.05) is 12.2 Å². The molecule has 0 radical (unpaired) electrons. The quantitative estimate of drug-likeness (QED) is 0.295. The summed E-state index contributed by atoms with van der Waals surface area (Å²) in [7, 11) is 0. The van der Waals surface area contributed by atoms with Gasteiger partial charge in [0.2, 0.25) is 6.29 Å². The molecule has 0 aliphatic heterocycles. The Hall–Kier alpha value is -2.18. The van der Waals surface area contributed by atoms with E-state index in [0.717, 1.165) is 0 Å². The summed E-state index contributed by atoms with van der Waals surface area (Å²) in [5.41, 5.74) is 0. The molecule has 0 saturated heterocycles. The van der Waals surface area contributed by atoms with Crippen LogP contribution in [-0.2, 0) is 19.2 Å². The molecule has 0 spiro atoms. The second-order valence-electron chi connectivity index (χ2n) is 1.47. The standard InChI is InChI=1S/C4H4O4.C2H2O3/c5-3(6)1-2-4(7)8;3-1-2(4)5/h1-2H,(H,5,6)(H,7,8);1H,(H,4,5)/b2-1-;. The van der Waals surface area contributed by atoms with Crippen molar-refractivity contribution in [2.24, 2.45) is 0 Å². The van der Waals surface area contributed by atoms with Crippen LogP contribution in [0.25, 0.3) is 0 Å². The summed E-state index contributed by atoms with van der Waals surface area (Å²) in [5.74, 6) is -3.94. The second-order valence-corrected chi connectivity index (χ2v) is 1.47. The van der Waals surface area contributed by atoms with E-state index in [0.29, 0.717) is 12.2 Å². The van der Waals surface area contributed by atoms with E-state index in [1.807, 2.05) is 0 Å². The van der Waals surface area contributed by atoms with Gasteiger partial charge in [-0.15, -0.1) is 0 Å². The molecular formula is C6H6O7. The van der Waals surface area contributed by atoms with Crippen molar-refractivity contribution in [2.75, 3.05) is 0 Å². The lowest BCUT2D eigenvalue weighted by Crippen LogP contribution is -1.91. The van der Waals surface area contributed by atoms with Gasteiger partial charge in [-0.05, 0) is 0 Å². The van der Waals surface area contributed by atoms with Crippen LogP contribution < -0.4 is 0 Å². The summed E-state index contributed by atoms with van der Waals surface area (Å²) < 4.78 is 0. The number of hydrogen-bond acceptors (Lipinski definition) is 4. The van der Waals surface area contributed by atoms with E-state index < -0.39 is 17.9 Å². The molecule has 0 rings (SSSR count). The molecule has 3 N–H and O–H groups in total. The Balaban J connectivity index is 0. The summed E-state index contributed by atoms with van der Waals surface area (Å²) in [4.78, 5) is 37.0. The van der Waals surface area contributed by atoms with Crippen molar-refractivity contribution in [3.8, 4) is 0 Å². The van der Waals surface area contributed by atoms with Crippen LogP contribution in [0.15, 0.2) is 12.2 Å². The zero-order valence-electron chi connectivity index (χ0n) is 6.21. The molecule has 0 aliphatic carbocycles. The van der Waals surface area contributed by atoms with Gasteiger partial charge in [0.05, 0.1) is 0 Å². The molecule has 72 valence electrons. The van der Waals surface area contributed by atoms with Crippen LogP contribution in [0, 0.1) is 0 Å². The molecule has 0 heterocycles. The molecule has 0 unspecified atom stereocenters. The average molecular weight is 190 g/mol. The molecular weight excluding hydrogens is 184 g/mol. The number of rotatable bonds is 3. The highest BCUT2D eigenvalue weighted by Crippen LogP contribution is 1.70. The zero-order chi connectivity index (χ0) is 10.9. The van der Waals surface area contributed by atoms with Crippen LogP contribution in [-0.4, -0.2) is 39.5 Å². The van der Waals surface area contributed by atoms with Crippen molar-refractivity contribution in [2.45, 2.75) is 0 Å². The number of aliphatic carboxylic acids is 3. The Labute approximate surface area is 71.9 Å². The Morgan fingerprint density at radius 3 is 1.08 bits per heavy atom. The fraction of sp³-hybridized carbons (Fsp3) is 0. The lowest BCUT2D eigenvalue weighted by molar-refractivity contribution is -0.143. The van der Waals surface area contributed by atoms with Gasteiger partial charge in [-0.25, -0.2) is 14.4 Å². The Morgan fingerprint density at radius 1 is 0.769 bits per heavy atom. The molecule has 0 bridgehead atoms. The maximum Gasteiger partial charge on any atom is 0.368 e. The number of carboxylic acid groups (broad SMARTS) is 3. The predicted octanol–water partition coefficient (Wildman–Crippen LogP) is -1.02. The summed E-state index contributed by atoms with van der Waals surface area (Å²) in [5, 5.41) is 23.0. The van der Waals surface area contributed by atoms with E-state index in [9.17, 15) is 9.59 Å². The molecule has 0 aromatic heterocycles. The number of carbonyl (C=O) groups is 4. The minimum Gasteiger partial charge on any atom is -0.478 e. The highest BCUT2D eigenvalue weighted by molar-refractivity contribution is 6.19. The lowest BCUT2D eigenvalue weighted by Gasteiger charge is -1.74. The third kappa shape index (κ3) is 25.8. The van der Waals surface area contributed by atoms with E-state index in [1.54, 1.807) is 0 Å². The van der Waals surface area contributed by atoms with Crippen molar-refractivity contribution >= 4 is 24.2 Å². The van der Waals surface area contributed by atoms with Gasteiger partial charge in [-0.1, -0.05) is 0 Å². The SMILES string of the molecule is O=C(O)/C=C\C(=O)O.O=CC(=O)O. The van der Waals surface area contributed by atoms with Gasteiger partial charge in [0.15, 0.2) is 0 Å². The Kier molecular flexibility index (Phi) is 8.17. The molecule has 13 heavy (non-hydrogen) atoms. The molecule has 0 aromatic carbocycles. The number of carboxylic acids is 3. The van der Waals surface area contributed by atoms with E-state index in [1.165, 1.54) is 0 Å². The summed E-state index contributed by atoms with van der Waals surface area (Å²) in [6, 6.07) is 0. The number of carbonyl (C=O) groups excluding carboxylic acids is 1. The highest BCUT2D eigenvalue weighted by atomic mass is 16.4. The van der Waals surface area contributed by atoms with Gasteiger partial charge < -0.3 is 15.3 Å². The average Bonchev–Trinajstić information content (AvgIpc) is 2.02. The maximum atomic E-state index is 9.55. The van der Waals surface area contributed by atoms with E-state index in [-0.39, 0.29) is 6.29 Å².